The zero-order valence-corrected chi connectivity index (χ0v) is 36.4. The van der Waals surface area contributed by atoms with Crippen LogP contribution >= 0.6 is 0 Å². The molecule has 0 saturated carbocycles. The number of ether oxygens (including phenoxy) is 7. The summed E-state index contributed by atoms with van der Waals surface area (Å²) in [6.07, 6.45) is 6.32. The van der Waals surface area contributed by atoms with Gasteiger partial charge in [-0.3, -0.25) is 14.4 Å². The number of aromatic hydroxyl groups is 1. The van der Waals surface area contributed by atoms with Crippen LogP contribution in [0.1, 0.15) is 76.0 Å². The molecule has 12 heteroatoms. The van der Waals surface area contributed by atoms with E-state index >= 15 is 0 Å². The van der Waals surface area contributed by atoms with Crippen LogP contribution in [0, 0.1) is 0 Å². The van der Waals surface area contributed by atoms with Gasteiger partial charge in [-0.15, -0.1) is 0 Å². The molecule has 0 unspecified atom stereocenters. The summed E-state index contributed by atoms with van der Waals surface area (Å²) in [5, 5.41) is 18.5. The fourth-order valence-corrected chi connectivity index (χ4v) is 5.48. The first-order valence-electron chi connectivity index (χ1n) is 20.8. The van der Waals surface area contributed by atoms with Gasteiger partial charge < -0.3 is 43.4 Å². The number of carboxylic acid groups (broad SMARTS) is 1. The summed E-state index contributed by atoms with van der Waals surface area (Å²) in [6, 6.07) is 34.5. The zero-order valence-electron chi connectivity index (χ0n) is 36.4. The summed E-state index contributed by atoms with van der Waals surface area (Å²) in [5.74, 6) is 3.17. The van der Waals surface area contributed by atoms with Crippen molar-refractivity contribution in [3.63, 3.8) is 0 Å². The second kappa shape index (κ2) is 28.7. The third kappa shape index (κ3) is 20.5. The van der Waals surface area contributed by atoms with Crippen LogP contribution in [0.2, 0.25) is 0 Å². The molecule has 62 heavy (non-hydrogen) atoms. The van der Waals surface area contributed by atoms with E-state index in [0.29, 0.717) is 65.4 Å². The number of hydrogen-bond donors (Lipinski definition) is 2. The molecule has 0 saturated heterocycles. The highest BCUT2D eigenvalue weighted by molar-refractivity contribution is 5.73. The first-order valence-corrected chi connectivity index (χ1v) is 20.8. The summed E-state index contributed by atoms with van der Waals surface area (Å²) < 4.78 is 37.8. The SMILES string of the molecule is CCCCOc1cc(CC(=O)O)cc(Oc2ccccc2)c1.CCCCOc1cc(CC(=O)OC)cc(Oc2ccccc2)c1.CCCCOc1cc(O)cc(CC(=O)OC)c1. The minimum absolute atomic E-state index is 0.0594. The number of carbonyl (C=O) groups excluding carboxylic acids is 2. The van der Waals surface area contributed by atoms with E-state index in [1.165, 1.54) is 26.4 Å². The van der Waals surface area contributed by atoms with Crippen molar-refractivity contribution in [1.82, 2.24) is 0 Å². The highest BCUT2D eigenvalue weighted by atomic mass is 16.5. The van der Waals surface area contributed by atoms with E-state index in [9.17, 15) is 19.5 Å². The van der Waals surface area contributed by atoms with Crippen LogP contribution in [0.5, 0.6) is 46.0 Å². The second-order valence-electron chi connectivity index (χ2n) is 14.0. The number of rotatable bonds is 22. The van der Waals surface area contributed by atoms with Gasteiger partial charge >= 0.3 is 17.9 Å². The molecule has 12 nitrogen and oxygen atoms in total. The van der Waals surface area contributed by atoms with Crippen molar-refractivity contribution in [2.75, 3.05) is 34.0 Å². The third-order valence-corrected chi connectivity index (χ3v) is 8.60. The largest absolute Gasteiger partial charge is 0.508 e. The van der Waals surface area contributed by atoms with Gasteiger partial charge in [0.05, 0.1) is 53.3 Å². The van der Waals surface area contributed by atoms with Crippen LogP contribution in [0.25, 0.3) is 0 Å². The van der Waals surface area contributed by atoms with E-state index in [-0.39, 0.29) is 37.0 Å². The van der Waals surface area contributed by atoms with Crippen LogP contribution in [0.3, 0.4) is 0 Å². The average Bonchev–Trinajstić information content (AvgIpc) is 3.24. The summed E-state index contributed by atoms with van der Waals surface area (Å²) in [5.41, 5.74) is 2.15. The summed E-state index contributed by atoms with van der Waals surface area (Å²) >= 11 is 0. The lowest BCUT2D eigenvalue weighted by molar-refractivity contribution is -0.140. The summed E-state index contributed by atoms with van der Waals surface area (Å²) in [4.78, 5) is 33.6. The Morgan fingerprint density at radius 3 is 1.18 bits per heavy atom. The molecule has 0 spiro atoms. The van der Waals surface area contributed by atoms with Crippen molar-refractivity contribution in [2.24, 2.45) is 0 Å². The third-order valence-electron chi connectivity index (χ3n) is 8.60. The number of phenols is 1. The van der Waals surface area contributed by atoms with Gasteiger partial charge in [0.25, 0.3) is 0 Å². The Morgan fingerprint density at radius 2 is 0.806 bits per heavy atom. The van der Waals surface area contributed by atoms with E-state index in [0.717, 1.165) is 49.8 Å². The van der Waals surface area contributed by atoms with Crippen LogP contribution in [-0.2, 0) is 43.1 Å². The van der Waals surface area contributed by atoms with Crippen LogP contribution in [0.15, 0.2) is 115 Å². The Balaban J connectivity index is 0.000000251. The zero-order chi connectivity index (χ0) is 45.0. The van der Waals surface area contributed by atoms with Crippen molar-refractivity contribution >= 4 is 17.9 Å². The number of aliphatic carboxylic acids is 1. The Bertz CT molecular complexity index is 2070. The van der Waals surface area contributed by atoms with Crippen LogP contribution < -0.4 is 23.7 Å². The Labute approximate surface area is 365 Å². The number of esters is 2. The minimum Gasteiger partial charge on any atom is -0.508 e. The number of para-hydroxylation sites is 2. The predicted octanol–water partition coefficient (Wildman–Crippen LogP) is 10.9. The summed E-state index contributed by atoms with van der Waals surface area (Å²) in [7, 11) is 2.72. The van der Waals surface area contributed by atoms with Crippen molar-refractivity contribution in [3.05, 3.63) is 132 Å². The van der Waals surface area contributed by atoms with Gasteiger partial charge in [-0.2, -0.15) is 0 Å². The fraction of sp³-hybridized carbons (Fsp3) is 0.340. The van der Waals surface area contributed by atoms with E-state index in [1.54, 1.807) is 24.3 Å². The van der Waals surface area contributed by atoms with Gasteiger partial charge in [-0.25, -0.2) is 0 Å². The van der Waals surface area contributed by atoms with Crippen molar-refractivity contribution < 1.29 is 57.8 Å². The maximum absolute atomic E-state index is 11.5. The molecule has 0 atom stereocenters. The molecule has 2 N–H and O–H groups in total. The smallest absolute Gasteiger partial charge is 0.309 e. The number of carbonyl (C=O) groups is 3. The number of methoxy groups -OCH3 is 2. The highest BCUT2D eigenvalue weighted by Gasteiger charge is 2.11. The van der Waals surface area contributed by atoms with Crippen molar-refractivity contribution in [3.8, 4) is 46.0 Å². The molecule has 5 aromatic carbocycles. The monoisotopic (exact) mass is 852 g/mol. The molecule has 0 aliphatic carbocycles. The minimum atomic E-state index is -0.878. The number of hydrogen-bond acceptors (Lipinski definition) is 11. The molecule has 0 heterocycles. The Morgan fingerprint density at radius 1 is 0.452 bits per heavy atom. The van der Waals surface area contributed by atoms with Crippen LogP contribution in [-0.4, -0.2) is 62.2 Å². The maximum atomic E-state index is 11.5. The molecule has 0 aromatic heterocycles. The van der Waals surface area contributed by atoms with Gasteiger partial charge in [0.1, 0.15) is 46.0 Å². The van der Waals surface area contributed by atoms with E-state index in [1.807, 2.05) is 78.9 Å². The number of benzene rings is 5. The first kappa shape index (κ1) is 49.7. The van der Waals surface area contributed by atoms with Gasteiger partial charge in [0.2, 0.25) is 0 Å². The van der Waals surface area contributed by atoms with Gasteiger partial charge in [-0.1, -0.05) is 76.4 Å². The molecule has 0 aliphatic rings. The topological polar surface area (TPSA) is 156 Å². The lowest BCUT2D eigenvalue weighted by Crippen LogP contribution is -2.05. The molecule has 0 amide bonds. The molecule has 332 valence electrons. The van der Waals surface area contributed by atoms with Gasteiger partial charge in [0.15, 0.2) is 0 Å². The average molecular weight is 853 g/mol. The maximum Gasteiger partial charge on any atom is 0.309 e. The Kier molecular flexibility index (Phi) is 23.0. The van der Waals surface area contributed by atoms with Crippen LogP contribution in [0.4, 0.5) is 0 Å². The highest BCUT2D eigenvalue weighted by Crippen LogP contribution is 2.30. The molecule has 5 aromatic rings. The quantitative estimate of drug-likeness (QED) is 0.0502. The van der Waals surface area contributed by atoms with E-state index < -0.39 is 5.97 Å². The van der Waals surface area contributed by atoms with Crippen molar-refractivity contribution in [2.45, 2.75) is 78.6 Å². The molecule has 0 bridgehead atoms. The van der Waals surface area contributed by atoms with E-state index in [4.69, 9.17) is 33.5 Å². The molecular weight excluding hydrogens is 793 g/mol. The molecule has 0 aliphatic heterocycles. The van der Waals surface area contributed by atoms with Gasteiger partial charge in [0, 0.05) is 18.2 Å². The van der Waals surface area contributed by atoms with E-state index in [2.05, 4.69) is 25.5 Å². The number of phenolic OH excluding ortho intramolecular Hbond substituents is 1. The molecule has 0 fully saturated rings. The standard InChI is InChI=1S/C19H22O4.C18H20O4.C13H18O4/c1-3-4-10-22-17-11-15(13-19(20)21-2)12-18(14-17)23-16-8-6-5-7-9-16;1-2-3-9-21-16-10-14(12-18(19)20)11-17(13-16)22-15-7-5-4-6-8-15;1-3-4-5-17-12-7-10(6-11(14)9-12)8-13(15)16-2/h5-9,11-12,14H,3-4,10,13H2,1-2H3;4-8,10-11,13H,2-3,9,12H2,1H3,(H,19,20);6-7,9,14H,3-5,8H2,1-2H3. The Hall–Kier alpha value is -6.69. The molecule has 5 rings (SSSR count). The summed E-state index contributed by atoms with van der Waals surface area (Å²) in [6.45, 7) is 8.14. The second-order valence-corrected chi connectivity index (χ2v) is 14.0. The van der Waals surface area contributed by atoms with Gasteiger partial charge in [-0.05, 0) is 96.6 Å². The fourth-order valence-electron chi connectivity index (χ4n) is 5.48. The lowest BCUT2D eigenvalue weighted by atomic mass is 10.1. The predicted molar refractivity (Wildman–Crippen MR) is 238 cm³/mol. The normalized spacial score (nSPS) is 10.1. The van der Waals surface area contributed by atoms with Crippen molar-refractivity contribution in [1.29, 1.82) is 0 Å². The first-order chi connectivity index (χ1) is 30.0. The lowest BCUT2D eigenvalue weighted by Gasteiger charge is -2.12. The number of unbranched alkanes of at least 4 members (excludes halogenated alkanes) is 3. The molecule has 0 radical (unpaired) electrons. The molecular formula is C50H60O12. The number of carboxylic acids is 1.